The fraction of sp³-hybridized carbons (Fsp3) is 1.00. The minimum atomic E-state index is 0.136. The summed E-state index contributed by atoms with van der Waals surface area (Å²) in [6.45, 7) is 16.0. The summed E-state index contributed by atoms with van der Waals surface area (Å²) in [5.74, 6) is 0. The normalized spacial score (nSPS) is 37.6. The summed E-state index contributed by atoms with van der Waals surface area (Å²) in [5, 5.41) is 0. The van der Waals surface area contributed by atoms with Crippen molar-refractivity contribution in [2.24, 2.45) is 0 Å². The maximum atomic E-state index is 6.10. The zero-order valence-electron chi connectivity index (χ0n) is 14.2. The van der Waals surface area contributed by atoms with Gasteiger partial charge in [-0.3, -0.25) is 9.80 Å². The lowest BCUT2D eigenvalue weighted by Gasteiger charge is -2.46. The Morgan fingerprint density at radius 2 is 1.71 bits per heavy atom. The zero-order chi connectivity index (χ0) is 15.4. The van der Waals surface area contributed by atoms with Crippen LogP contribution in [0.4, 0.5) is 0 Å². The Bertz CT molecular complexity index is 306. The molecule has 5 heteroatoms. The van der Waals surface area contributed by atoms with Crippen molar-refractivity contribution in [1.82, 2.24) is 9.80 Å². The Morgan fingerprint density at radius 3 is 2.33 bits per heavy atom. The van der Waals surface area contributed by atoms with E-state index in [0.29, 0.717) is 24.2 Å². The molecule has 0 bridgehead atoms. The average molecular weight is 300 g/mol. The first-order chi connectivity index (χ1) is 10.0. The quantitative estimate of drug-likeness (QED) is 0.770. The highest BCUT2D eigenvalue weighted by atomic mass is 16.5. The molecule has 0 radical (unpaired) electrons. The van der Waals surface area contributed by atoms with Crippen molar-refractivity contribution < 1.29 is 14.2 Å². The SMILES string of the molecule is CCOC(CN1CC(C)OCC1C)N1C(C)COCC1C. The molecule has 0 aromatic heterocycles. The van der Waals surface area contributed by atoms with E-state index in [0.717, 1.165) is 39.5 Å². The minimum Gasteiger partial charge on any atom is -0.378 e. The van der Waals surface area contributed by atoms with Gasteiger partial charge in [-0.2, -0.15) is 0 Å². The fourth-order valence-corrected chi connectivity index (χ4v) is 3.44. The minimum absolute atomic E-state index is 0.136. The third kappa shape index (κ3) is 4.39. The van der Waals surface area contributed by atoms with Crippen molar-refractivity contribution in [2.75, 3.05) is 39.5 Å². The van der Waals surface area contributed by atoms with Crippen molar-refractivity contribution >= 4 is 0 Å². The van der Waals surface area contributed by atoms with E-state index in [1.807, 2.05) is 0 Å². The number of ether oxygens (including phenoxy) is 3. The molecular formula is C16H32N2O3. The van der Waals surface area contributed by atoms with Crippen LogP contribution in [0.3, 0.4) is 0 Å². The van der Waals surface area contributed by atoms with E-state index in [2.05, 4.69) is 44.4 Å². The fourth-order valence-electron chi connectivity index (χ4n) is 3.44. The molecule has 0 aromatic carbocycles. The van der Waals surface area contributed by atoms with Gasteiger partial charge in [-0.1, -0.05) is 0 Å². The highest BCUT2D eigenvalue weighted by Gasteiger charge is 2.35. The highest BCUT2D eigenvalue weighted by molar-refractivity contribution is 4.84. The summed E-state index contributed by atoms with van der Waals surface area (Å²) in [6.07, 6.45) is 0.444. The second-order valence-electron chi connectivity index (χ2n) is 6.54. The smallest absolute Gasteiger partial charge is 0.124 e. The first kappa shape index (κ1) is 17.2. The van der Waals surface area contributed by atoms with E-state index in [9.17, 15) is 0 Å². The van der Waals surface area contributed by atoms with Crippen LogP contribution in [0, 0.1) is 0 Å². The second-order valence-corrected chi connectivity index (χ2v) is 6.54. The molecule has 21 heavy (non-hydrogen) atoms. The number of rotatable bonds is 5. The van der Waals surface area contributed by atoms with Crippen LogP contribution < -0.4 is 0 Å². The van der Waals surface area contributed by atoms with Gasteiger partial charge >= 0.3 is 0 Å². The molecule has 5 nitrogen and oxygen atoms in total. The molecule has 5 atom stereocenters. The molecule has 2 fully saturated rings. The molecule has 2 aliphatic heterocycles. The Balaban J connectivity index is 2.03. The zero-order valence-corrected chi connectivity index (χ0v) is 14.2. The number of nitrogens with zero attached hydrogens (tertiary/aromatic N) is 2. The van der Waals surface area contributed by atoms with Gasteiger partial charge in [0, 0.05) is 37.8 Å². The van der Waals surface area contributed by atoms with Crippen LogP contribution in [0.2, 0.25) is 0 Å². The van der Waals surface area contributed by atoms with E-state index in [1.165, 1.54) is 0 Å². The summed E-state index contributed by atoms with van der Waals surface area (Å²) in [4.78, 5) is 4.99. The van der Waals surface area contributed by atoms with Crippen LogP contribution in [0.25, 0.3) is 0 Å². The van der Waals surface area contributed by atoms with Gasteiger partial charge < -0.3 is 14.2 Å². The van der Waals surface area contributed by atoms with E-state index < -0.39 is 0 Å². The number of morpholine rings is 2. The first-order valence-corrected chi connectivity index (χ1v) is 8.35. The molecule has 0 spiro atoms. The monoisotopic (exact) mass is 300 g/mol. The average Bonchev–Trinajstić information content (AvgIpc) is 2.43. The Morgan fingerprint density at radius 1 is 1.05 bits per heavy atom. The van der Waals surface area contributed by atoms with Gasteiger partial charge in [-0.25, -0.2) is 0 Å². The number of hydrogen-bond donors (Lipinski definition) is 0. The summed E-state index contributed by atoms with van der Waals surface area (Å²) < 4.78 is 17.5. The van der Waals surface area contributed by atoms with Gasteiger partial charge in [0.05, 0.1) is 25.9 Å². The van der Waals surface area contributed by atoms with Crippen molar-refractivity contribution in [2.45, 2.75) is 65.1 Å². The molecular weight excluding hydrogens is 268 g/mol. The lowest BCUT2D eigenvalue weighted by atomic mass is 10.1. The van der Waals surface area contributed by atoms with Crippen LogP contribution in [0.5, 0.6) is 0 Å². The maximum absolute atomic E-state index is 6.10. The Hall–Kier alpha value is -0.200. The standard InChI is InChI=1S/C16H32N2O3/c1-6-20-16(18-13(3)9-19-10-14(18)4)8-17-7-15(5)21-11-12(17)2/h12-16H,6-11H2,1-5H3. The van der Waals surface area contributed by atoms with Gasteiger partial charge in [0.25, 0.3) is 0 Å². The first-order valence-electron chi connectivity index (χ1n) is 8.35. The molecule has 0 aliphatic carbocycles. The lowest BCUT2D eigenvalue weighted by molar-refractivity contribution is -0.161. The molecule has 2 saturated heterocycles. The molecule has 124 valence electrons. The van der Waals surface area contributed by atoms with E-state index >= 15 is 0 Å². The van der Waals surface area contributed by atoms with Crippen LogP contribution in [-0.2, 0) is 14.2 Å². The van der Waals surface area contributed by atoms with Crippen molar-refractivity contribution in [3.8, 4) is 0 Å². The lowest BCUT2D eigenvalue weighted by Crippen LogP contribution is -2.60. The molecule has 0 aromatic rings. The predicted octanol–water partition coefficient (Wildman–Crippen LogP) is 1.57. The highest BCUT2D eigenvalue weighted by Crippen LogP contribution is 2.21. The van der Waals surface area contributed by atoms with Crippen molar-refractivity contribution in [3.63, 3.8) is 0 Å². The van der Waals surface area contributed by atoms with Crippen LogP contribution in [0.15, 0.2) is 0 Å². The third-order valence-electron chi connectivity index (χ3n) is 4.56. The van der Waals surface area contributed by atoms with Crippen LogP contribution >= 0.6 is 0 Å². The molecule has 0 N–H and O–H groups in total. The molecule has 2 heterocycles. The van der Waals surface area contributed by atoms with Crippen molar-refractivity contribution in [3.05, 3.63) is 0 Å². The summed E-state index contributed by atoms with van der Waals surface area (Å²) in [7, 11) is 0. The van der Waals surface area contributed by atoms with Crippen LogP contribution in [0.1, 0.15) is 34.6 Å². The molecule has 2 rings (SSSR count). The van der Waals surface area contributed by atoms with Gasteiger partial charge in [0.15, 0.2) is 0 Å². The topological polar surface area (TPSA) is 34.2 Å². The molecule has 2 aliphatic rings. The van der Waals surface area contributed by atoms with Gasteiger partial charge in [-0.05, 0) is 34.6 Å². The molecule has 0 amide bonds. The van der Waals surface area contributed by atoms with Crippen LogP contribution in [-0.4, -0.2) is 79.8 Å². The third-order valence-corrected chi connectivity index (χ3v) is 4.56. The summed E-state index contributed by atoms with van der Waals surface area (Å²) in [6, 6.07) is 1.26. The molecule has 0 saturated carbocycles. The van der Waals surface area contributed by atoms with Gasteiger partial charge in [0.2, 0.25) is 0 Å². The largest absolute Gasteiger partial charge is 0.378 e. The van der Waals surface area contributed by atoms with E-state index in [1.54, 1.807) is 0 Å². The second kappa shape index (κ2) is 7.88. The van der Waals surface area contributed by atoms with Gasteiger partial charge in [0.1, 0.15) is 6.23 Å². The molecule has 5 unspecified atom stereocenters. The van der Waals surface area contributed by atoms with Crippen molar-refractivity contribution in [1.29, 1.82) is 0 Å². The van der Waals surface area contributed by atoms with Gasteiger partial charge in [-0.15, -0.1) is 0 Å². The number of hydrogen-bond acceptors (Lipinski definition) is 5. The summed E-state index contributed by atoms with van der Waals surface area (Å²) >= 11 is 0. The Labute approximate surface area is 129 Å². The van der Waals surface area contributed by atoms with E-state index in [4.69, 9.17) is 14.2 Å². The predicted molar refractivity (Wildman–Crippen MR) is 83.4 cm³/mol. The maximum Gasteiger partial charge on any atom is 0.124 e. The van der Waals surface area contributed by atoms with E-state index in [-0.39, 0.29) is 6.23 Å². The Kier molecular flexibility index (Phi) is 6.44. The summed E-state index contributed by atoms with van der Waals surface area (Å²) in [5.41, 5.74) is 0.